The SMILES string of the molecule is CC(C)(C)c1csc(CN(CCCCO)C2CC2)n1. The van der Waals surface area contributed by atoms with E-state index in [0.717, 1.165) is 32.0 Å². The summed E-state index contributed by atoms with van der Waals surface area (Å²) in [6, 6.07) is 0.765. The molecule has 0 bridgehead atoms. The minimum Gasteiger partial charge on any atom is -0.396 e. The first-order chi connectivity index (χ1) is 9.00. The number of aliphatic hydroxyl groups excluding tert-OH is 1. The molecule has 4 heteroatoms. The third-order valence-corrected chi connectivity index (χ3v) is 4.41. The molecule has 0 atom stereocenters. The zero-order chi connectivity index (χ0) is 13.9. The molecule has 1 aromatic rings. The molecule has 1 aliphatic rings. The molecule has 1 aliphatic carbocycles. The molecule has 0 aliphatic heterocycles. The van der Waals surface area contributed by atoms with Gasteiger partial charge in [-0.1, -0.05) is 20.8 Å². The van der Waals surface area contributed by atoms with Gasteiger partial charge in [0, 0.05) is 23.4 Å². The van der Waals surface area contributed by atoms with Gasteiger partial charge in [-0.2, -0.15) is 0 Å². The van der Waals surface area contributed by atoms with Crippen LogP contribution in [0, 0.1) is 0 Å². The van der Waals surface area contributed by atoms with E-state index < -0.39 is 0 Å². The minimum absolute atomic E-state index is 0.149. The molecule has 0 spiro atoms. The lowest BCUT2D eigenvalue weighted by atomic mass is 9.93. The molecular formula is C15H26N2OS. The first kappa shape index (κ1) is 14.9. The lowest BCUT2D eigenvalue weighted by molar-refractivity contribution is 0.228. The molecule has 108 valence electrons. The molecule has 1 fully saturated rings. The van der Waals surface area contributed by atoms with E-state index in [1.807, 2.05) is 0 Å². The van der Waals surface area contributed by atoms with Crippen molar-refractivity contribution in [2.45, 2.75) is 64.5 Å². The van der Waals surface area contributed by atoms with Gasteiger partial charge in [-0.15, -0.1) is 11.3 Å². The quantitative estimate of drug-likeness (QED) is 0.780. The Morgan fingerprint density at radius 1 is 1.37 bits per heavy atom. The van der Waals surface area contributed by atoms with Crippen LogP contribution in [0.15, 0.2) is 5.38 Å². The molecule has 3 nitrogen and oxygen atoms in total. The van der Waals surface area contributed by atoms with Gasteiger partial charge in [0.2, 0.25) is 0 Å². The van der Waals surface area contributed by atoms with Gasteiger partial charge in [-0.05, 0) is 32.2 Å². The van der Waals surface area contributed by atoms with Crippen molar-refractivity contribution in [1.82, 2.24) is 9.88 Å². The Bertz CT molecular complexity index is 393. The third kappa shape index (κ3) is 4.55. The van der Waals surface area contributed by atoms with Crippen LogP contribution in [0.1, 0.15) is 57.2 Å². The summed E-state index contributed by atoms with van der Waals surface area (Å²) >= 11 is 1.79. The summed E-state index contributed by atoms with van der Waals surface area (Å²) in [6.07, 6.45) is 4.66. The average molecular weight is 282 g/mol. The van der Waals surface area contributed by atoms with Crippen molar-refractivity contribution in [2.75, 3.05) is 13.2 Å². The molecule has 1 saturated carbocycles. The highest BCUT2D eigenvalue weighted by molar-refractivity contribution is 7.09. The maximum Gasteiger partial charge on any atom is 0.107 e. The molecule has 0 amide bonds. The fourth-order valence-corrected chi connectivity index (χ4v) is 3.20. The summed E-state index contributed by atoms with van der Waals surface area (Å²) in [5.41, 5.74) is 1.36. The van der Waals surface area contributed by atoms with Crippen LogP contribution >= 0.6 is 11.3 Å². The number of hydrogen-bond acceptors (Lipinski definition) is 4. The summed E-state index contributed by atoms with van der Waals surface area (Å²) in [6.45, 7) is 9.03. The maximum absolute atomic E-state index is 8.89. The Kier molecular flexibility index (Phi) is 4.98. The number of rotatable bonds is 7. The molecule has 0 radical (unpaired) electrons. The number of nitrogens with zero attached hydrogens (tertiary/aromatic N) is 2. The van der Waals surface area contributed by atoms with Crippen LogP contribution in [-0.2, 0) is 12.0 Å². The number of aliphatic hydroxyl groups is 1. The predicted molar refractivity (Wildman–Crippen MR) is 80.6 cm³/mol. The Hall–Kier alpha value is -0.450. The van der Waals surface area contributed by atoms with E-state index in [1.54, 1.807) is 11.3 Å². The van der Waals surface area contributed by atoms with Gasteiger partial charge in [0.15, 0.2) is 0 Å². The van der Waals surface area contributed by atoms with Crippen LogP contribution in [0.25, 0.3) is 0 Å². The fraction of sp³-hybridized carbons (Fsp3) is 0.800. The second-order valence-corrected chi connectivity index (χ2v) is 7.45. The van der Waals surface area contributed by atoms with Gasteiger partial charge >= 0.3 is 0 Å². The molecular weight excluding hydrogens is 256 g/mol. The van der Waals surface area contributed by atoms with Gasteiger partial charge in [-0.25, -0.2) is 4.98 Å². The molecule has 2 rings (SSSR count). The molecule has 1 aromatic heterocycles. The minimum atomic E-state index is 0.149. The zero-order valence-corrected chi connectivity index (χ0v) is 13.2. The second-order valence-electron chi connectivity index (χ2n) is 6.51. The lowest BCUT2D eigenvalue weighted by Crippen LogP contribution is -2.27. The van der Waals surface area contributed by atoms with E-state index in [0.29, 0.717) is 6.61 Å². The number of aromatic nitrogens is 1. The lowest BCUT2D eigenvalue weighted by Gasteiger charge is -2.20. The van der Waals surface area contributed by atoms with Crippen molar-refractivity contribution < 1.29 is 5.11 Å². The van der Waals surface area contributed by atoms with Crippen molar-refractivity contribution in [3.8, 4) is 0 Å². The zero-order valence-electron chi connectivity index (χ0n) is 12.4. The first-order valence-corrected chi connectivity index (χ1v) is 8.18. The van der Waals surface area contributed by atoms with Crippen LogP contribution in [0.4, 0.5) is 0 Å². The van der Waals surface area contributed by atoms with Gasteiger partial charge < -0.3 is 5.11 Å². The van der Waals surface area contributed by atoms with E-state index in [2.05, 4.69) is 31.1 Å². The maximum atomic E-state index is 8.89. The second kappa shape index (κ2) is 6.33. The standard InChI is InChI=1S/C15H26N2OS/c1-15(2,3)13-11-19-14(16-13)10-17(12-6-7-12)8-4-5-9-18/h11-12,18H,4-10H2,1-3H3. The van der Waals surface area contributed by atoms with Crippen molar-refractivity contribution in [3.05, 3.63) is 16.1 Å². The summed E-state index contributed by atoms with van der Waals surface area (Å²) in [5, 5.41) is 12.3. The smallest absolute Gasteiger partial charge is 0.107 e. The Labute approximate surface area is 120 Å². The third-order valence-electron chi connectivity index (χ3n) is 3.58. The highest BCUT2D eigenvalue weighted by Crippen LogP contribution is 2.30. The van der Waals surface area contributed by atoms with Gasteiger partial charge in [0.05, 0.1) is 12.2 Å². The highest BCUT2D eigenvalue weighted by atomic mass is 32.1. The summed E-state index contributed by atoms with van der Waals surface area (Å²) < 4.78 is 0. The molecule has 1 N–H and O–H groups in total. The van der Waals surface area contributed by atoms with Crippen LogP contribution in [0.2, 0.25) is 0 Å². The summed E-state index contributed by atoms with van der Waals surface area (Å²) in [7, 11) is 0. The number of thiazole rings is 1. The van der Waals surface area contributed by atoms with Gasteiger partial charge in [-0.3, -0.25) is 4.90 Å². The summed E-state index contributed by atoms with van der Waals surface area (Å²) in [4.78, 5) is 7.33. The van der Waals surface area contributed by atoms with E-state index in [9.17, 15) is 0 Å². The Balaban J connectivity index is 1.91. The predicted octanol–water partition coefficient (Wildman–Crippen LogP) is 3.18. The van der Waals surface area contributed by atoms with E-state index in [4.69, 9.17) is 10.1 Å². The first-order valence-electron chi connectivity index (χ1n) is 7.30. The fourth-order valence-electron chi connectivity index (χ4n) is 2.16. The molecule has 19 heavy (non-hydrogen) atoms. The van der Waals surface area contributed by atoms with Crippen molar-refractivity contribution in [2.24, 2.45) is 0 Å². The van der Waals surface area contributed by atoms with Crippen molar-refractivity contribution in [1.29, 1.82) is 0 Å². The van der Waals surface area contributed by atoms with Crippen molar-refractivity contribution >= 4 is 11.3 Å². The van der Waals surface area contributed by atoms with Crippen LogP contribution in [-0.4, -0.2) is 34.2 Å². The molecule has 1 heterocycles. The monoisotopic (exact) mass is 282 g/mol. The van der Waals surface area contributed by atoms with Crippen molar-refractivity contribution in [3.63, 3.8) is 0 Å². The van der Waals surface area contributed by atoms with Crippen LogP contribution < -0.4 is 0 Å². The molecule has 0 aromatic carbocycles. The number of hydrogen-bond donors (Lipinski definition) is 1. The van der Waals surface area contributed by atoms with Crippen LogP contribution in [0.3, 0.4) is 0 Å². The topological polar surface area (TPSA) is 36.4 Å². The van der Waals surface area contributed by atoms with E-state index in [1.165, 1.54) is 23.5 Å². The van der Waals surface area contributed by atoms with E-state index in [-0.39, 0.29) is 5.41 Å². The van der Waals surface area contributed by atoms with Gasteiger partial charge in [0.1, 0.15) is 5.01 Å². The number of unbranched alkanes of at least 4 members (excludes halogenated alkanes) is 1. The molecule has 0 unspecified atom stereocenters. The summed E-state index contributed by atoms with van der Waals surface area (Å²) in [5.74, 6) is 0. The van der Waals surface area contributed by atoms with Crippen LogP contribution in [0.5, 0.6) is 0 Å². The molecule has 0 saturated heterocycles. The largest absolute Gasteiger partial charge is 0.396 e. The van der Waals surface area contributed by atoms with E-state index >= 15 is 0 Å². The highest BCUT2D eigenvalue weighted by Gasteiger charge is 2.29. The Morgan fingerprint density at radius 3 is 2.63 bits per heavy atom. The Morgan fingerprint density at radius 2 is 2.11 bits per heavy atom. The van der Waals surface area contributed by atoms with Gasteiger partial charge in [0.25, 0.3) is 0 Å². The average Bonchev–Trinajstić information content (AvgIpc) is 3.06. The normalized spacial score (nSPS) is 16.3.